The van der Waals surface area contributed by atoms with Crippen LogP contribution in [0.15, 0.2) is 54.6 Å². The molecule has 0 aromatic heterocycles. The molecule has 2 nitrogen and oxygen atoms in total. The molecule has 0 radical (unpaired) electrons. The highest BCUT2D eigenvalue weighted by Gasteiger charge is 2.08. The van der Waals surface area contributed by atoms with E-state index in [0.29, 0.717) is 11.9 Å². The molecule has 0 bridgehead atoms. The SMILES string of the molecule is COc1ccc(CNC(CCCl)Cc2ccccc2)cc1. The summed E-state index contributed by atoms with van der Waals surface area (Å²) in [7, 11) is 1.68. The maximum Gasteiger partial charge on any atom is 0.118 e. The molecule has 0 saturated carbocycles. The quantitative estimate of drug-likeness (QED) is 0.744. The first-order valence-electron chi connectivity index (χ1n) is 7.28. The van der Waals surface area contributed by atoms with Gasteiger partial charge in [0.1, 0.15) is 5.75 Å². The molecule has 1 atom stereocenters. The van der Waals surface area contributed by atoms with Crippen molar-refractivity contribution in [2.24, 2.45) is 0 Å². The van der Waals surface area contributed by atoms with E-state index in [2.05, 4.69) is 41.7 Å². The zero-order chi connectivity index (χ0) is 14.9. The van der Waals surface area contributed by atoms with Crippen LogP contribution in [0.3, 0.4) is 0 Å². The molecule has 0 fully saturated rings. The second-order valence-corrected chi connectivity index (χ2v) is 5.47. The van der Waals surface area contributed by atoms with Crippen LogP contribution in [0, 0.1) is 0 Å². The van der Waals surface area contributed by atoms with Crippen LogP contribution in [0.1, 0.15) is 17.5 Å². The Hall–Kier alpha value is -1.51. The van der Waals surface area contributed by atoms with Gasteiger partial charge in [-0.1, -0.05) is 42.5 Å². The van der Waals surface area contributed by atoms with E-state index in [1.54, 1.807) is 7.11 Å². The third-order valence-electron chi connectivity index (χ3n) is 3.54. The lowest BCUT2D eigenvalue weighted by Crippen LogP contribution is -2.31. The van der Waals surface area contributed by atoms with Crippen LogP contribution in [-0.4, -0.2) is 19.0 Å². The highest BCUT2D eigenvalue weighted by molar-refractivity contribution is 6.17. The largest absolute Gasteiger partial charge is 0.497 e. The summed E-state index contributed by atoms with van der Waals surface area (Å²) < 4.78 is 5.17. The number of nitrogens with one attached hydrogen (secondary N) is 1. The average molecular weight is 304 g/mol. The zero-order valence-corrected chi connectivity index (χ0v) is 13.1. The first kappa shape index (κ1) is 15.9. The minimum absolute atomic E-state index is 0.395. The van der Waals surface area contributed by atoms with Gasteiger partial charge in [-0.05, 0) is 36.1 Å². The minimum atomic E-state index is 0.395. The highest BCUT2D eigenvalue weighted by atomic mass is 35.5. The predicted molar refractivity (Wildman–Crippen MR) is 89.1 cm³/mol. The van der Waals surface area contributed by atoms with Gasteiger partial charge in [0, 0.05) is 18.5 Å². The van der Waals surface area contributed by atoms with Crippen molar-refractivity contribution in [3.8, 4) is 5.75 Å². The number of hydrogen-bond acceptors (Lipinski definition) is 2. The van der Waals surface area contributed by atoms with E-state index in [1.165, 1.54) is 11.1 Å². The van der Waals surface area contributed by atoms with Gasteiger partial charge in [0.15, 0.2) is 0 Å². The standard InChI is InChI=1S/C18H22ClNO/c1-21-18-9-7-16(8-10-18)14-20-17(11-12-19)13-15-5-3-2-4-6-15/h2-10,17,20H,11-14H2,1H3. The summed E-state index contributed by atoms with van der Waals surface area (Å²) in [6.07, 6.45) is 1.97. The van der Waals surface area contributed by atoms with Crippen molar-refractivity contribution in [2.75, 3.05) is 13.0 Å². The first-order chi connectivity index (χ1) is 10.3. The Kier molecular flexibility index (Phi) is 6.58. The molecule has 21 heavy (non-hydrogen) atoms. The van der Waals surface area contributed by atoms with Gasteiger partial charge in [-0.25, -0.2) is 0 Å². The third kappa shape index (κ3) is 5.41. The Morgan fingerprint density at radius 3 is 2.33 bits per heavy atom. The maximum absolute atomic E-state index is 5.93. The number of hydrogen-bond donors (Lipinski definition) is 1. The summed E-state index contributed by atoms with van der Waals surface area (Å²) in [5.41, 5.74) is 2.60. The Bertz CT molecular complexity index is 513. The monoisotopic (exact) mass is 303 g/mol. The van der Waals surface area contributed by atoms with E-state index in [1.807, 2.05) is 18.2 Å². The van der Waals surface area contributed by atoms with Crippen molar-refractivity contribution in [1.82, 2.24) is 5.32 Å². The fourth-order valence-electron chi connectivity index (χ4n) is 2.31. The molecule has 1 N–H and O–H groups in total. The molecule has 0 amide bonds. The Morgan fingerprint density at radius 2 is 1.71 bits per heavy atom. The maximum atomic E-state index is 5.93. The van der Waals surface area contributed by atoms with E-state index < -0.39 is 0 Å². The summed E-state index contributed by atoms with van der Waals surface area (Å²) >= 11 is 5.93. The van der Waals surface area contributed by atoms with Crippen LogP contribution in [0.5, 0.6) is 5.75 Å². The predicted octanol–water partition coefficient (Wildman–Crippen LogP) is 4.03. The van der Waals surface area contributed by atoms with Crippen molar-refractivity contribution < 1.29 is 4.74 Å². The molecule has 2 rings (SSSR count). The average Bonchev–Trinajstić information content (AvgIpc) is 2.54. The van der Waals surface area contributed by atoms with Crippen LogP contribution < -0.4 is 10.1 Å². The van der Waals surface area contributed by atoms with Crippen LogP contribution in [0.4, 0.5) is 0 Å². The number of benzene rings is 2. The van der Waals surface area contributed by atoms with Gasteiger partial charge < -0.3 is 10.1 Å². The van der Waals surface area contributed by atoms with Gasteiger partial charge >= 0.3 is 0 Å². The van der Waals surface area contributed by atoms with Crippen LogP contribution in [0.25, 0.3) is 0 Å². The van der Waals surface area contributed by atoms with E-state index in [9.17, 15) is 0 Å². The van der Waals surface area contributed by atoms with Crippen LogP contribution >= 0.6 is 11.6 Å². The molecule has 3 heteroatoms. The molecule has 0 aliphatic rings. The van der Waals surface area contributed by atoms with Gasteiger partial charge in [-0.2, -0.15) is 0 Å². The van der Waals surface area contributed by atoms with Crippen LogP contribution in [0.2, 0.25) is 0 Å². The van der Waals surface area contributed by atoms with Crippen molar-refractivity contribution in [3.63, 3.8) is 0 Å². The molecular formula is C18H22ClNO. The normalized spacial score (nSPS) is 12.1. The number of alkyl halides is 1. The van der Waals surface area contributed by atoms with Crippen molar-refractivity contribution in [2.45, 2.75) is 25.4 Å². The molecule has 2 aromatic rings. The summed E-state index contributed by atoms with van der Waals surface area (Å²) in [4.78, 5) is 0. The third-order valence-corrected chi connectivity index (χ3v) is 3.75. The number of rotatable bonds is 8. The molecule has 0 spiro atoms. The summed E-state index contributed by atoms with van der Waals surface area (Å²) in [5, 5.41) is 3.60. The van der Waals surface area contributed by atoms with Crippen LogP contribution in [-0.2, 0) is 13.0 Å². The second kappa shape index (κ2) is 8.71. The fourth-order valence-corrected chi connectivity index (χ4v) is 2.58. The molecule has 2 aromatic carbocycles. The van der Waals surface area contributed by atoms with Crippen molar-refractivity contribution in [3.05, 3.63) is 65.7 Å². The van der Waals surface area contributed by atoms with E-state index in [4.69, 9.17) is 16.3 Å². The summed E-state index contributed by atoms with van der Waals surface area (Å²) in [6, 6.07) is 19.1. The van der Waals surface area contributed by atoms with E-state index in [-0.39, 0.29) is 0 Å². The summed E-state index contributed by atoms with van der Waals surface area (Å²) in [5.74, 6) is 1.56. The minimum Gasteiger partial charge on any atom is -0.497 e. The fraction of sp³-hybridized carbons (Fsp3) is 0.333. The van der Waals surface area contributed by atoms with Gasteiger partial charge in [-0.15, -0.1) is 11.6 Å². The highest BCUT2D eigenvalue weighted by Crippen LogP contribution is 2.12. The molecule has 1 unspecified atom stereocenters. The van der Waals surface area contributed by atoms with E-state index >= 15 is 0 Å². The zero-order valence-electron chi connectivity index (χ0n) is 12.4. The topological polar surface area (TPSA) is 21.3 Å². The number of methoxy groups -OCH3 is 1. The first-order valence-corrected chi connectivity index (χ1v) is 7.81. The lowest BCUT2D eigenvalue weighted by atomic mass is 10.0. The Labute approximate surface area is 132 Å². The van der Waals surface area contributed by atoms with Crippen molar-refractivity contribution >= 4 is 11.6 Å². The number of ether oxygens (including phenoxy) is 1. The Balaban J connectivity index is 1.89. The van der Waals surface area contributed by atoms with Crippen molar-refractivity contribution in [1.29, 1.82) is 0 Å². The molecular weight excluding hydrogens is 282 g/mol. The Morgan fingerprint density at radius 1 is 1.00 bits per heavy atom. The smallest absolute Gasteiger partial charge is 0.118 e. The summed E-state index contributed by atoms with van der Waals surface area (Å²) in [6.45, 7) is 0.846. The molecule has 112 valence electrons. The van der Waals surface area contributed by atoms with E-state index in [0.717, 1.165) is 25.1 Å². The lowest BCUT2D eigenvalue weighted by Gasteiger charge is -2.18. The lowest BCUT2D eigenvalue weighted by molar-refractivity contribution is 0.414. The second-order valence-electron chi connectivity index (χ2n) is 5.09. The van der Waals surface area contributed by atoms with Gasteiger partial charge in [0.2, 0.25) is 0 Å². The number of halogens is 1. The van der Waals surface area contributed by atoms with Gasteiger partial charge in [0.25, 0.3) is 0 Å². The van der Waals surface area contributed by atoms with Gasteiger partial charge in [0.05, 0.1) is 7.11 Å². The molecule has 0 heterocycles. The molecule has 0 aliphatic heterocycles. The molecule has 0 aliphatic carbocycles. The van der Waals surface area contributed by atoms with Gasteiger partial charge in [-0.3, -0.25) is 0 Å². The molecule has 0 saturated heterocycles.